The third-order valence-corrected chi connectivity index (χ3v) is 4.69. The zero-order valence-electron chi connectivity index (χ0n) is 16.5. The molecule has 152 valence electrons. The number of imidazole rings is 1. The molecule has 0 saturated heterocycles. The van der Waals surface area contributed by atoms with E-state index in [1.807, 2.05) is 41.1 Å². The normalized spacial score (nSPS) is 13.0. The highest BCUT2D eigenvalue weighted by molar-refractivity contribution is 5.82. The van der Waals surface area contributed by atoms with E-state index in [1.165, 1.54) is 13.2 Å². The second kappa shape index (κ2) is 9.34. The van der Waals surface area contributed by atoms with E-state index in [2.05, 4.69) is 10.3 Å². The molecule has 0 spiro atoms. The quantitative estimate of drug-likeness (QED) is 0.613. The number of halogens is 1. The first kappa shape index (κ1) is 20.5. The van der Waals surface area contributed by atoms with Crippen molar-refractivity contribution >= 4 is 5.91 Å². The highest BCUT2D eigenvalue weighted by atomic mass is 19.1. The molecule has 3 rings (SSSR count). The molecule has 0 bridgehead atoms. The lowest BCUT2D eigenvalue weighted by molar-refractivity contribution is -0.123. The molecule has 2 aromatic carbocycles. The Morgan fingerprint density at radius 1 is 1.24 bits per heavy atom. The lowest BCUT2D eigenvalue weighted by atomic mass is 10.1. The number of benzene rings is 2. The van der Waals surface area contributed by atoms with Crippen molar-refractivity contribution in [2.75, 3.05) is 7.11 Å². The van der Waals surface area contributed by atoms with E-state index in [-0.39, 0.29) is 12.3 Å². The first-order valence-electron chi connectivity index (χ1n) is 9.41. The van der Waals surface area contributed by atoms with Crippen LogP contribution in [0.1, 0.15) is 29.8 Å². The average molecular weight is 396 g/mol. The maximum atomic E-state index is 14.2. The van der Waals surface area contributed by atoms with Gasteiger partial charge in [0, 0.05) is 19.2 Å². The molecule has 0 aliphatic heterocycles. The van der Waals surface area contributed by atoms with Crippen LogP contribution >= 0.6 is 0 Å². The van der Waals surface area contributed by atoms with E-state index < -0.39 is 17.9 Å². The molecule has 0 aliphatic rings. The van der Waals surface area contributed by atoms with Crippen LogP contribution in [0.15, 0.2) is 61.1 Å². The van der Waals surface area contributed by atoms with Gasteiger partial charge in [0.05, 0.1) is 36.8 Å². The zero-order valence-corrected chi connectivity index (χ0v) is 16.5. The van der Waals surface area contributed by atoms with Crippen molar-refractivity contribution in [3.63, 3.8) is 0 Å². The van der Waals surface area contributed by atoms with Crippen molar-refractivity contribution in [2.45, 2.75) is 32.0 Å². The summed E-state index contributed by atoms with van der Waals surface area (Å²) in [5.41, 5.74) is 8.23. The fourth-order valence-electron chi connectivity index (χ4n) is 3.22. The molecule has 0 radical (unpaired) electrons. The van der Waals surface area contributed by atoms with Crippen molar-refractivity contribution in [1.29, 1.82) is 0 Å². The molecule has 0 saturated carbocycles. The maximum absolute atomic E-state index is 14.2. The summed E-state index contributed by atoms with van der Waals surface area (Å²) in [7, 11) is 1.46. The summed E-state index contributed by atoms with van der Waals surface area (Å²) < 4.78 is 21.3. The van der Waals surface area contributed by atoms with Gasteiger partial charge in [0.15, 0.2) is 0 Å². The Bertz CT molecular complexity index is 958. The van der Waals surface area contributed by atoms with Crippen LogP contribution in [0, 0.1) is 5.82 Å². The average Bonchev–Trinajstić information content (AvgIpc) is 3.14. The minimum atomic E-state index is -0.796. The molecule has 2 atom stereocenters. The number of methoxy groups -OCH3 is 1. The minimum absolute atomic E-state index is 0.286. The Labute approximate surface area is 169 Å². The van der Waals surface area contributed by atoms with E-state index in [9.17, 15) is 9.18 Å². The number of aromatic nitrogens is 2. The van der Waals surface area contributed by atoms with Crippen LogP contribution < -0.4 is 15.8 Å². The summed E-state index contributed by atoms with van der Waals surface area (Å²) in [6, 6.07) is 13.2. The number of rotatable bonds is 8. The van der Waals surface area contributed by atoms with Crippen LogP contribution in [0.5, 0.6) is 5.75 Å². The van der Waals surface area contributed by atoms with Crippen molar-refractivity contribution in [3.8, 4) is 5.75 Å². The molecule has 3 aromatic rings. The summed E-state index contributed by atoms with van der Waals surface area (Å²) >= 11 is 0. The first-order valence-corrected chi connectivity index (χ1v) is 9.41. The summed E-state index contributed by atoms with van der Waals surface area (Å²) in [5.74, 6) is -0.434. The number of amides is 1. The summed E-state index contributed by atoms with van der Waals surface area (Å²) in [6.07, 6.45) is 3.89. The van der Waals surface area contributed by atoms with Gasteiger partial charge in [-0.05, 0) is 24.6 Å². The Morgan fingerprint density at radius 3 is 2.72 bits per heavy atom. The van der Waals surface area contributed by atoms with Crippen LogP contribution in [0.25, 0.3) is 0 Å². The first-order chi connectivity index (χ1) is 14.0. The Balaban J connectivity index is 1.60. The maximum Gasteiger partial charge on any atom is 0.237 e. The third-order valence-electron chi connectivity index (χ3n) is 4.69. The highest BCUT2D eigenvalue weighted by Gasteiger charge is 2.22. The molecule has 3 N–H and O–H groups in total. The number of nitrogens with one attached hydrogen (secondary N) is 1. The topological polar surface area (TPSA) is 82.2 Å². The summed E-state index contributed by atoms with van der Waals surface area (Å²) in [5, 5.41) is 2.76. The molecular formula is C22H25FN4O2. The van der Waals surface area contributed by atoms with Gasteiger partial charge in [-0.25, -0.2) is 9.37 Å². The van der Waals surface area contributed by atoms with E-state index in [4.69, 9.17) is 10.5 Å². The van der Waals surface area contributed by atoms with Gasteiger partial charge >= 0.3 is 0 Å². The monoisotopic (exact) mass is 396 g/mol. The molecule has 0 aliphatic carbocycles. The predicted molar refractivity (Wildman–Crippen MR) is 109 cm³/mol. The Morgan fingerprint density at radius 2 is 2.00 bits per heavy atom. The number of carbonyl (C=O) groups is 1. The predicted octanol–water partition coefficient (Wildman–Crippen LogP) is 2.83. The van der Waals surface area contributed by atoms with Crippen LogP contribution in [-0.4, -0.2) is 28.6 Å². The Kier molecular flexibility index (Phi) is 6.61. The van der Waals surface area contributed by atoms with Gasteiger partial charge in [0.1, 0.15) is 11.6 Å². The largest absolute Gasteiger partial charge is 0.496 e. The van der Waals surface area contributed by atoms with Gasteiger partial charge in [0.25, 0.3) is 0 Å². The van der Waals surface area contributed by atoms with Crippen molar-refractivity contribution in [1.82, 2.24) is 14.9 Å². The molecular weight excluding hydrogens is 371 g/mol. The van der Waals surface area contributed by atoms with Crippen LogP contribution in [-0.2, 0) is 17.8 Å². The number of nitrogens with two attached hydrogens (primary N) is 1. The van der Waals surface area contributed by atoms with Crippen molar-refractivity contribution in [2.24, 2.45) is 5.73 Å². The highest BCUT2D eigenvalue weighted by Crippen LogP contribution is 2.27. The summed E-state index contributed by atoms with van der Waals surface area (Å²) in [6.45, 7) is 2.39. The van der Waals surface area contributed by atoms with Gasteiger partial charge in [-0.1, -0.05) is 36.4 Å². The molecule has 1 heterocycles. The number of ether oxygens (including phenoxy) is 1. The van der Waals surface area contributed by atoms with Crippen molar-refractivity contribution in [3.05, 3.63) is 83.7 Å². The molecule has 7 heteroatoms. The van der Waals surface area contributed by atoms with Gasteiger partial charge in [-0.3, -0.25) is 4.79 Å². The van der Waals surface area contributed by atoms with Crippen LogP contribution in [0.2, 0.25) is 0 Å². The Hall–Kier alpha value is -3.19. The van der Waals surface area contributed by atoms with E-state index in [1.54, 1.807) is 25.4 Å². The van der Waals surface area contributed by atoms with Crippen LogP contribution in [0.3, 0.4) is 0 Å². The zero-order chi connectivity index (χ0) is 20.8. The second-order valence-electron chi connectivity index (χ2n) is 6.92. The summed E-state index contributed by atoms with van der Waals surface area (Å²) in [4.78, 5) is 16.8. The van der Waals surface area contributed by atoms with E-state index >= 15 is 0 Å². The molecule has 1 unspecified atom stereocenters. The van der Waals surface area contributed by atoms with E-state index in [0.29, 0.717) is 17.9 Å². The number of nitrogens with zero attached hydrogens (tertiary/aromatic N) is 2. The molecule has 1 aromatic heterocycles. The molecule has 29 heavy (non-hydrogen) atoms. The second-order valence-corrected chi connectivity index (χ2v) is 6.92. The minimum Gasteiger partial charge on any atom is -0.496 e. The standard InChI is InChI=1S/C22H25FN4O2/c1-15(21-18(23)9-6-10-20(21)29-2)26-22(28)19(24)11-17-13-27(14-25-17)12-16-7-4-3-5-8-16/h3-10,13-15,19H,11-12,24H2,1-2H3,(H,26,28)/t15?,19-/m0/s1. The van der Waals surface area contributed by atoms with E-state index in [0.717, 1.165) is 11.3 Å². The number of hydrogen-bond donors (Lipinski definition) is 2. The number of hydrogen-bond acceptors (Lipinski definition) is 4. The molecule has 0 fully saturated rings. The molecule has 6 nitrogen and oxygen atoms in total. The lowest BCUT2D eigenvalue weighted by Gasteiger charge is -2.20. The van der Waals surface area contributed by atoms with Gasteiger partial charge in [-0.15, -0.1) is 0 Å². The lowest BCUT2D eigenvalue weighted by Crippen LogP contribution is -2.43. The number of carbonyl (C=O) groups excluding carboxylic acids is 1. The van der Waals surface area contributed by atoms with Crippen molar-refractivity contribution < 1.29 is 13.9 Å². The van der Waals surface area contributed by atoms with Gasteiger partial charge < -0.3 is 20.4 Å². The van der Waals surface area contributed by atoms with Crippen LogP contribution in [0.4, 0.5) is 4.39 Å². The van der Waals surface area contributed by atoms with Gasteiger partial charge in [-0.2, -0.15) is 0 Å². The van der Waals surface area contributed by atoms with Gasteiger partial charge in [0.2, 0.25) is 5.91 Å². The third kappa shape index (κ3) is 5.20. The SMILES string of the molecule is COc1cccc(F)c1C(C)NC(=O)[C@@H](N)Cc1cn(Cc2ccccc2)cn1. The fourth-order valence-corrected chi connectivity index (χ4v) is 3.22. The smallest absolute Gasteiger partial charge is 0.237 e. The molecule has 1 amide bonds. The fraction of sp³-hybridized carbons (Fsp3) is 0.273.